The predicted octanol–water partition coefficient (Wildman–Crippen LogP) is 3.29. The van der Waals surface area contributed by atoms with Crippen molar-refractivity contribution in [3.8, 4) is 0 Å². The van der Waals surface area contributed by atoms with Gasteiger partial charge in [0.1, 0.15) is 5.82 Å². The van der Waals surface area contributed by atoms with E-state index in [9.17, 15) is 9.18 Å². The Morgan fingerprint density at radius 3 is 2.59 bits per heavy atom. The Hall–Kier alpha value is -2.09. The van der Waals surface area contributed by atoms with Gasteiger partial charge in [-0.2, -0.15) is 19.3 Å². The number of carbonyl (C=O) groups is 1. The topological polar surface area (TPSA) is 79.8 Å². The zero-order valence-electron chi connectivity index (χ0n) is 12.7. The number of carbonyl (C=O) groups excluding carboxylic acids is 1. The van der Waals surface area contributed by atoms with Crippen molar-refractivity contribution in [2.45, 2.75) is 39.7 Å². The van der Waals surface area contributed by atoms with Crippen molar-refractivity contribution in [1.29, 1.82) is 0 Å². The van der Waals surface area contributed by atoms with E-state index in [1.54, 1.807) is 19.9 Å². The molecule has 2 aromatic heterocycles. The molecule has 1 unspecified atom stereocenters. The van der Waals surface area contributed by atoms with Crippen LogP contribution in [0.3, 0.4) is 0 Å². The highest BCUT2D eigenvalue weighted by Crippen LogP contribution is 2.27. The minimum Gasteiger partial charge on any atom is -0.346 e. The Kier molecular flexibility index (Phi) is 5.37. The summed E-state index contributed by atoms with van der Waals surface area (Å²) >= 11 is 1.09. The number of aromatic nitrogens is 3. The van der Waals surface area contributed by atoms with Gasteiger partial charge >= 0.3 is 0 Å². The van der Waals surface area contributed by atoms with Crippen LogP contribution in [0.4, 0.5) is 16.3 Å². The zero-order valence-corrected chi connectivity index (χ0v) is 13.5. The number of halogens is 1. The number of rotatable bonds is 6. The highest BCUT2D eigenvalue weighted by atomic mass is 32.1. The monoisotopic (exact) mass is 323 g/mol. The van der Waals surface area contributed by atoms with E-state index in [1.807, 2.05) is 6.92 Å². The summed E-state index contributed by atoms with van der Waals surface area (Å²) in [5.41, 5.74) is 0. The van der Waals surface area contributed by atoms with E-state index in [0.717, 1.165) is 22.6 Å². The van der Waals surface area contributed by atoms with E-state index in [1.165, 1.54) is 6.07 Å². The van der Waals surface area contributed by atoms with Gasteiger partial charge in [-0.15, -0.1) is 11.3 Å². The lowest BCUT2D eigenvalue weighted by Gasteiger charge is -2.16. The van der Waals surface area contributed by atoms with Crippen LogP contribution in [-0.4, -0.2) is 20.9 Å². The number of amides is 1. The lowest BCUT2D eigenvalue weighted by atomic mass is 10.2. The van der Waals surface area contributed by atoms with Crippen LogP contribution in [-0.2, 0) is 4.79 Å². The normalized spacial score (nSPS) is 12.0. The number of hydrogen-bond acceptors (Lipinski definition) is 6. The van der Waals surface area contributed by atoms with Crippen LogP contribution in [0.1, 0.15) is 43.4 Å². The summed E-state index contributed by atoms with van der Waals surface area (Å²) in [6.07, 6.45) is 1.10. The molecule has 0 saturated heterocycles. The van der Waals surface area contributed by atoms with Crippen molar-refractivity contribution in [2.24, 2.45) is 0 Å². The zero-order chi connectivity index (χ0) is 16.1. The molecule has 118 valence electrons. The molecule has 2 aromatic rings. The van der Waals surface area contributed by atoms with Crippen LogP contribution >= 0.6 is 11.3 Å². The van der Waals surface area contributed by atoms with Crippen LogP contribution in [0, 0.1) is 12.1 Å². The van der Waals surface area contributed by atoms with Crippen molar-refractivity contribution >= 4 is 29.1 Å². The minimum absolute atomic E-state index is 0.0916. The molecule has 2 rings (SSSR count). The van der Waals surface area contributed by atoms with Crippen molar-refractivity contribution in [3.05, 3.63) is 28.0 Å². The first kappa shape index (κ1) is 16.3. The van der Waals surface area contributed by atoms with Crippen LogP contribution in [0.2, 0.25) is 0 Å². The summed E-state index contributed by atoms with van der Waals surface area (Å²) in [7, 11) is 0. The van der Waals surface area contributed by atoms with E-state index in [0.29, 0.717) is 18.2 Å². The molecule has 6 nitrogen and oxygen atoms in total. The molecule has 8 heteroatoms. The molecule has 0 radical (unpaired) electrons. The Balaban J connectivity index is 2.18. The highest BCUT2D eigenvalue weighted by molar-refractivity contribution is 7.10. The maximum Gasteiger partial charge on any atom is 0.234 e. The van der Waals surface area contributed by atoms with Crippen LogP contribution < -0.4 is 10.6 Å². The lowest BCUT2D eigenvalue weighted by Crippen LogP contribution is -2.16. The van der Waals surface area contributed by atoms with Gasteiger partial charge in [0.2, 0.25) is 17.8 Å². The first-order valence-electron chi connectivity index (χ1n) is 7.06. The molecule has 0 spiro atoms. The molecule has 22 heavy (non-hydrogen) atoms. The van der Waals surface area contributed by atoms with Gasteiger partial charge in [0.15, 0.2) is 5.13 Å². The number of aryl methyl sites for hydroxylation is 1. The first-order valence-corrected chi connectivity index (χ1v) is 7.87. The standard InChI is InChI=1S/C14H18FN5OS/c1-4-9(10-6-7-11(15)22-10)18-13-16-8(3)17-14(20-13)19-12(21)5-2/h6-7,9H,4-5H2,1-3H3,(H2,16,17,18,19,20,21). The Labute approximate surface area is 132 Å². The van der Waals surface area contributed by atoms with Gasteiger partial charge in [-0.25, -0.2) is 0 Å². The molecular weight excluding hydrogens is 305 g/mol. The van der Waals surface area contributed by atoms with E-state index in [-0.39, 0.29) is 23.0 Å². The molecule has 2 heterocycles. The Morgan fingerprint density at radius 1 is 1.27 bits per heavy atom. The number of anilines is 2. The molecule has 1 atom stereocenters. The average Bonchev–Trinajstić information content (AvgIpc) is 2.90. The van der Waals surface area contributed by atoms with Crippen molar-refractivity contribution in [3.63, 3.8) is 0 Å². The summed E-state index contributed by atoms with van der Waals surface area (Å²) in [6, 6.07) is 3.09. The molecule has 0 fully saturated rings. The van der Waals surface area contributed by atoms with E-state index in [2.05, 4.69) is 25.6 Å². The number of hydrogen-bond donors (Lipinski definition) is 2. The molecular formula is C14H18FN5OS. The fourth-order valence-corrected chi connectivity index (χ4v) is 2.73. The molecule has 0 bridgehead atoms. The number of nitrogens with zero attached hydrogens (tertiary/aromatic N) is 3. The Morgan fingerprint density at radius 2 is 2.00 bits per heavy atom. The molecule has 0 aromatic carbocycles. The molecule has 0 saturated carbocycles. The molecule has 0 aliphatic heterocycles. The summed E-state index contributed by atoms with van der Waals surface area (Å²) in [4.78, 5) is 24.8. The maximum absolute atomic E-state index is 13.2. The summed E-state index contributed by atoms with van der Waals surface area (Å²) in [5.74, 6) is 0.911. The van der Waals surface area contributed by atoms with Crippen molar-refractivity contribution in [2.75, 3.05) is 10.6 Å². The van der Waals surface area contributed by atoms with Crippen LogP contribution in [0.25, 0.3) is 0 Å². The third-order valence-corrected chi connectivity index (χ3v) is 3.96. The van der Waals surface area contributed by atoms with E-state index in [4.69, 9.17) is 0 Å². The predicted molar refractivity (Wildman–Crippen MR) is 84.4 cm³/mol. The SMILES string of the molecule is CCC(=O)Nc1nc(C)nc(NC(CC)c2ccc(F)s2)n1. The second kappa shape index (κ2) is 7.26. The quantitative estimate of drug-likeness (QED) is 0.852. The number of nitrogens with one attached hydrogen (secondary N) is 2. The van der Waals surface area contributed by atoms with Gasteiger partial charge in [0, 0.05) is 11.3 Å². The summed E-state index contributed by atoms with van der Waals surface area (Å²) in [6.45, 7) is 5.46. The largest absolute Gasteiger partial charge is 0.346 e. The second-order valence-electron chi connectivity index (χ2n) is 4.68. The van der Waals surface area contributed by atoms with E-state index < -0.39 is 0 Å². The number of thiophene rings is 1. The molecule has 1 amide bonds. The fraction of sp³-hybridized carbons (Fsp3) is 0.429. The van der Waals surface area contributed by atoms with Crippen molar-refractivity contribution < 1.29 is 9.18 Å². The smallest absolute Gasteiger partial charge is 0.234 e. The summed E-state index contributed by atoms with van der Waals surface area (Å²) in [5, 5.41) is 5.55. The lowest BCUT2D eigenvalue weighted by molar-refractivity contribution is -0.115. The average molecular weight is 323 g/mol. The molecule has 2 N–H and O–H groups in total. The van der Waals surface area contributed by atoms with Gasteiger partial charge in [-0.05, 0) is 25.5 Å². The summed E-state index contributed by atoms with van der Waals surface area (Å²) < 4.78 is 13.2. The maximum atomic E-state index is 13.2. The van der Waals surface area contributed by atoms with Gasteiger partial charge in [-0.3, -0.25) is 10.1 Å². The van der Waals surface area contributed by atoms with E-state index >= 15 is 0 Å². The first-order chi connectivity index (χ1) is 10.5. The highest BCUT2D eigenvalue weighted by Gasteiger charge is 2.15. The van der Waals surface area contributed by atoms with Gasteiger partial charge in [0.05, 0.1) is 6.04 Å². The Bertz CT molecular complexity index is 660. The third-order valence-electron chi connectivity index (χ3n) is 2.97. The van der Waals surface area contributed by atoms with Crippen molar-refractivity contribution in [1.82, 2.24) is 15.0 Å². The van der Waals surface area contributed by atoms with Crippen LogP contribution in [0.15, 0.2) is 12.1 Å². The fourth-order valence-electron chi connectivity index (χ4n) is 1.86. The third kappa shape index (κ3) is 4.20. The van der Waals surface area contributed by atoms with Gasteiger partial charge in [-0.1, -0.05) is 13.8 Å². The van der Waals surface area contributed by atoms with Crippen LogP contribution in [0.5, 0.6) is 0 Å². The second-order valence-corrected chi connectivity index (χ2v) is 5.74. The minimum atomic E-state index is -0.224. The van der Waals surface area contributed by atoms with Gasteiger partial charge < -0.3 is 5.32 Å². The van der Waals surface area contributed by atoms with Gasteiger partial charge in [0.25, 0.3) is 0 Å². The molecule has 0 aliphatic carbocycles. The molecule has 0 aliphatic rings.